The van der Waals surface area contributed by atoms with Gasteiger partial charge in [0.05, 0.1) is 17.0 Å². The average Bonchev–Trinajstić information content (AvgIpc) is 3.25. The Kier molecular flexibility index (Phi) is 4.05. The molecule has 2 aliphatic rings. The standard InChI is InChI=1S/C23H20N4O/c28-23-19-8-4-5-9-21(19)24-22(25-23)17-10-12-18(13-11-17)27-15-14-20(26-27)16-6-2-1-3-7-16/h1-13,22,24H,14-15H2,(H,25,28)/t22-/m1/s1. The summed E-state index contributed by atoms with van der Waals surface area (Å²) in [6, 6.07) is 26.0. The molecule has 5 rings (SSSR count). The zero-order valence-electron chi connectivity index (χ0n) is 15.3. The quantitative estimate of drug-likeness (QED) is 0.730. The fraction of sp³-hybridized carbons (Fsp3) is 0.130. The molecule has 0 saturated heterocycles. The minimum atomic E-state index is -0.238. The van der Waals surface area contributed by atoms with Gasteiger partial charge in [0.1, 0.15) is 6.17 Å². The molecule has 28 heavy (non-hydrogen) atoms. The van der Waals surface area contributed by atoms with Gasteiger partial charge in [-0.25, -0.2) is 0 Å². The maximum atomic E-state index is 12.3. The molecule has 0 saturated carbocycles. The smallest absolute Gasteiger partial charge is 0.255 e. The first kappa shape index (κ1) is 16.6. The Labute approximate surface area is 163 Å². The summed E-state index contributed by atoms with van der Waals surface area (Å²) >= 11 is 0. The molecule has 0 aliphatic carbocycles. The van der Waals surface area contributed by atoms with Crippen LogP contribution in [0.25, 0.3) is 0 Å². The molecule has 1 amide bonds. The van der Waals surface area contributed by atoms with Crippen LogP contribution in [0.5, 0.6) is 0 Å². The highest BCUT2D eigenvalue weighted by atomic mass is 16.2. The Bertz CT molecular complexity index is 1040. The summed E-state index contributed by atoms with van der Waals surface area (Å²) in [6.45, 7) is 0.870. The van der Waals surface area contributed by atoms with Crippen molar-refractivity contribution in [3.63, 3.8) is 0 Å². The largest absolute Gasteiger partial charge is 0.361 e. The molecule has 2 N–H and O–H groups in total. The molecule has 0 spiro atoms. The zero-order valence-corrected chi connectivity index (χ0v) is 15.3. The molecule has 5 nitrogen and oxygen atoms in total. The van der Waals surface area contributed by atoms with Crippen LogP contribution < -0.4 is 15.6 Å². The zero-order chi connectivity index (χ0) is 18.9. The van der Waals surface area contributed by atoms with Gasteiger partial charge in [-0.1, -0.05) is 54.6 Å². The van der Waals surface area contributed by atoms with E-state index in [0.717, 1.165) is 35.6 Å². The monoisotopic (exact) mass is 368 g/mol. The normalized spacial score (nSPS) is 18.1. The van der Waals surface area contributed by atoms with E-state index in [0.29, 0.717) is 5.56 Å². The summed E-state index contributed by atoms with van der Waals surface area (Å²) < 4.78 is 0. The molecule has 5 heteroatoms. The predicted octanol–water partition coefficient (Wildman–Crippen LogP) is 4.16. The van der Waals surface area contributed by atoms with Crippen LogP contribution in [0.1, 0.15) is 34.1 Å². The number of para-hydroxylation sites is 1. The Morgan fingerprint density at radius 2 is 1.61 bits per heavy atom. The van der Waals surface area contributed by atoms with Crippen molar-refractivity contribution < 1.29 is 4.79 Å². The van der Waals surface area contributed by atoms with Crippen LogP contribution in [0.4, 0.5) is 11.4 Å². The van der Waals surface area contributed by atoms with Gasteiger partial charge in [0.2, 0.25) is 0 Å². The lowest BCUT2D eigenvalue weighted by Gasteiger charge is -2.28. The van der Waals surface area contributed by atoms with Crippen molar-refractivity contribution >= 4 is 23.0 Å². The lowest BCUT2D eigenvalue weighted by atomic mass is 10.1. The van der Waals surface area contributed by atoms with Gasteiger partial charge in [0, 0.05) is 18.7 Å². The first-order chi connectivity index (χ1) is 13.8. The van der Waals surface area contributed by atoms with E-state index in [9.17, 15) is 4.79 Å². The number of benzene rings is 3. The number of anilines is 2. The van der Waals surface area contributed by atoms with E-state index in [1.54, 1.807) is 0 Å². The van der Waals surface area contributed by atoms with E-state index in [2.05, 4.69) is 34.9 Å². The maximum Gasteiger partial charge on any atom is 0.255 e. The predicted molar refractivity (Wildman–Crippen MR) is 112 cm³/mol. The van der Waals surface area contributed by atoms with Crippen molar-refractivity contribution in [1.29, 1.82) is 0 Å². The number of hydrazone groups is 1. The number of nitrogens with one attached hydrogen (secondary N) is 2. The molecule has 0 fully saturated rings. The third-order valence-electron chi connectivity index (χ3n) is 5.18. The van der Waals surface area contributed by atoms with Gasteiger partial charge in [-0.3, -0.25) is 9.80 Å². The van der Waals surface area contributed by atoms with Crippen molar-refractivity contribution in [3.05, 3.63) is 95.6 Å². The molecular weight excluding hydrogens is 348 g/mol. The first-order valence-electron chi connectivity index (χ1n) is 9.45. The number of hydrogen-bond acceptors (Lipinski definition) is 4. The Morgan fingerprint density at radius 3 is 2.43 bits per heavy atom. The van der Waals surface area contributed by atoms with Gasteiger partial charge in [-0.05, 0) is 35.4 Å². The van der Waals surface area contributed by atoms with Gasteiger partial charge >= 0.3 is 0 Å². The molecule has 0 bridgehead atoms. The Morgan fingerprint density at radius 1 is 0.857 bits per heavy atom. The van der Waals surface area contributed by atoms with Crippen molar-refractivity contribution in [2.24, 2.45) is 5.10 Å². The summed E-state index contributed by atoms with van der Waals surface area (Å²) in [5.74, 6) is -0.0555. The minimum Gasteiger partial charge on any atom is -0.361 e. The molecule has 3 aromatic carbocycles. The van der Waals surface area contributed by atoms with E-state index in [-0.39, 0.29) is 12.1 Å². The first-order valence-corrected chi connectivity index (χ1v) is 9.45. The van der Waals surface area contributed by atoms with Crippen molar-refractivity contribution in [2.75, 3.05) is 16.9 Å². The highest BCUT2D eigenvalue weighted by molar-refractivity contribution is 6.03. The summed E-state index contributed by atoms with van der Waals surface area (Å²) in [5, 5.41) is 13.2. The third kappa shape index (κ3) is 3.01. The average molecular weight is 368 g/mol. The second-order valence-corrected chi connectivity index (χ2v) is 6.97. The molecule has 2 heterocycles. The molecule has 0 unspecified atom stereocenters. The summed E-state index contributed by atoms with van der Waals surface area (Å²) in [4.78, 5) is 12.3. The second-order valence-electron chi connectivity index (χ2n) is 6.97. The lowest BCUT2D eigenvalue weighted by Crippen LogP contribution is -2.38. The lowest BCUT2D eigenvalue weighted by molar-refractivity contribution is 0.0935. The molecule has 1 atom stereocenters. The van der Waals surface area contributed by atoms with Crippen molar-refractivity contribution in [3.8, 4) is 0 Å². The number of hydrogen-bond donors (Lipinski definition) is 2. The molecule has 138 valence electrons. The van der Waals surface area contributed by atoms with Crippen LogP contribution in [0.3, 0.4) is 0 Å². The van der Waals surface area contributed by atoms with Gasteiger partial charge in [-0.2, -0.15) is 5.10 Å². The summed E-state index contributed by atoms with van der Waals surface area (Å²) in [6.07, 6.45) is 0.696. The molecule has 0 aromatic heterocycles. The molecule has 3 aromatic rings. The van der Waals surface area contributed by atoms with Crippen LogP contribution in [-0.4, -0.2) is 18.2 Å². The number of carbonyl (C=O) groups is 1. The van der Waals surface area contributed by atoms with Crippen LogP contribution in [0.15, 0.2) is 84.0 Å². The Hall–Kier alpha value is -3.60. The van der Waals surface area contributed by atoms with E-state index in [1.807, 2.05) is 59.6 Å². The molecule has 0 radical (unpaired) electrons. The van der Waals surface area contributed by atoms with Gasteiger partial charge in [0.15, 0.2) is 0 Å². The third-order valence-corrected chi connectivity index (χ3v) is 5.18. The van der Waals surface area contributed by atoms with Gasteiger partial charge < -0.3 is 10.6 Å². The number of carbonyl (C=O) groups excluding carboxylic acids is 1. The SMILES string of the molecule is O=C1N[C@H](c2ccc(N3CCC(c4ccccc4)=N3)cc2)Nc2ccccc21. The number of nitrogens with zero attached hydrogens (tertiary/aromatic N) is 2. The van der Waals surface area contributed by atoms with E-state index < -0.39 is 0 Å². The van der Waals surface area contributed by atoms with Crippen LogP contribution in [0.2, 0.25) is 0 Å². The fourth-order valence-electron chi connectivity index (χ4n) is 3.69. The Balaban J connectivity index is 1.34. The second kappa shape index (κ2) is 6.85. The van der Waals surface area contributed by atoms with Crippen LogP contribution >= 0.6 is 0 Å². The highest BCUT2D eigenvalue weighted by Crippen LogP contribution is 2.28. The van der Waals surface area contributed by atoms with Crippen molar-refractivity contribution in [2.45, 2.75) is 12.6 Å². The topological polar surface area (TPSA) is 56.7 Å². The summed E-state index contributed by atoms with van der Waals surface area (Å²) in [5.41, 5.74) is 5.89. The van der Waals surface area contributed by atoms with Gasteiger partial charge in [0.25, 0.3) is 5.91 Å². The van der Waals surface area contributed by atoms with Crippen LogP contribution in [-0.2, 0) is 0 Å². The number of fused-ring (bicyclic) bond motifs is 1. The molecular formula is C23H20N4O. The van der Waals surface area contributed by atoms with Crippen LogP contribution in [0, 0.1) is 0 Å². The maximum absolute atomic E-state index is 12.3. The van der Waals surface area contributed by atoms with Gasteiger partial charge in [-0.15, -0.1) is 0 Å². The summed E-state index contributed by atoms with van der Waals surface area (Å²) in [7, 11) is 0. The van der Waals surface area contributed by atoms with E-state index in [1.165, 1.54) is 5.56 Å². The minimum absolute atomic E-state index is 0.0555. The van der Waals surface area contributed by atoms with E-state index in [4.69, 9.17) is 5.10 Å². The highest BCUT2D eigenvalue weighted by Gasteiger charge is 2.24. The molecule has 2 aliphatic heterocycles. The van der Waals surface area contributed by atoms with Crippen molar-refractivity contribution in [1.82, 2.24) is 5.32 Å². The fourth-order valence-corrected chi connectivity index (χ4v) is 3.69. The number of rotatable bonds is 3. The van der Waals surface area contributed by atoms with E-state index >= 15 is 0 Å². The number of amides is 1.